The standard InChI is InChI=1S/C25H20ClN3O4/c26-18-5-4-17-12-22(33-21(17)13-18)25(32)27-14-16-11-24(31)29(15-16)20-8-6-19(7-9-20)28-10-2-1-3-23(28)30/h1-10,12-13,16H,11,14-15H2,(H,27,32). The van der Waals surface area contributed by atoms with E-state index < -0.39 is 0 Å². The SMILES string of the molecule is O=C(NCC1CC(=O)N(c2ccc(-n3ccccc3=O)cc2)C1)c1cc2ccc(Cl)cc2o1. The Balaban J connectivity index is 1.22. The highest BCUT2D eigenvalue weighted by atomic mass is 35.5. The highest BCUT2D eigenvalue weighted by Gasteiger charge is 2.31. The van der Waals surface area contributed by atoms with Crippen LogP contribution in [-0.4, -0.2) is 29.5 Å². The molecule has 1 saturated heterocycles. The molecule has 0 radical (unpaired) electrons. The summed E-state index contributed by atoms with van der Waals surface area (Å²) in [4.78, 5) is 38.8. The van der Waals surface area contributed by atoms with Crippen LogP contribution in [0.3, 0.4) is 0 Å². The molecule has 5 rings (SSSR count). The monoisotopic (exact) mass is 461 g/mol. The van der Waals surface area contributed by atoms with E-state index in [1.807, 2.05) is 24.3 Å². The van der Waals surface area contributed by atoms with Gasteiger partial charge in [0.15, 0.2) is 5.76 Å². The molecule has 33 heavy (non-hydrogen) atoms. The molecule has 1 atom stereocenters. The molecule has 7 nitrogen and oxygen atoms in total. The van der Waals surface area contributed by atoms with Gasteiger partial charge in [0.05, 0.1) is 0 Å². The maximum atomic E-state index is 12.6. The van der Waals surface area contributed by atoms with Gasteiger partial charge in [0.1, 0.15) is 5.58 Å². The van der Waals surface area contributed by atoms with E-state index in [2.05, 4.69) is 5.32 Å². The molecule has 0 spiro atoms. The van der Waals surface area contributed by atoms with Crippen molar-refractivity contribution in [2.75, 3.05) is 18.0 Å². The molecule has 3 heterocycles. The Bertz CT molecular complexity index is 1410. The second kappa shape index (κ2) is 8.60. The molecule has 0 saturated carbocycles. The average molecular weight is 462 g/mol. The lowest BCUT2D eigenvalue weighted by atomic mass is 10.1. The molecule has 1 fully saturated rings. The number of carbonyl (C=O) groups is 2. The summed E-state index contributed by atoms with van der Waals surface area (Å²) < 4.78 is 7.14. The first-order valence-corrected chi connectivity index (χ1v) is 10.9. The lowest BCUT2D eigenvalue weighted by molar-refractivity contribution is -0.117. The van der Waals surface area contributed by atoms with E-state index in [0.29, 0.717) is 30.1 Å². The van der Waals surface area contributed by atoms with Crippen LogP contribution in [0.2, 0.25) is 5.02 Å². The number of halogens is 1. The highest BCUT2D eigenvalue weighted by molar-refractivity contribution is 6.31. The van der Waals surface area contributed by atoms with E-state index in [9.17, 15) is 14.4 Å². The van der Waals surface area contributed by atoms with Gasteiger partial charge in [-0.05, 0) is 48.5 Å². The van der Waals surface area contributed by atoms with E-state index in [0.717, 1.165) is 16.8 Å². The molecule has 166 valence electrons. The Morgan fingerprint density at radius 2 is 1.82 bits per heavy atom. The molecular formula is C25H20ClN3O4. The van der Waals surface area contributed by atoms with Crippen molar-refractivity contribution in [1.29, 1.82) is 0 Å². The molecular weight excluding hydrogens is 442 g/mol. The average Bonchev–Trinajstić information content (AvgIpc) is 3.41. The van der Waals surface area contributed by atoms with Gasteiger partial charge in [-0.15, -0.1) is 0 Å². The van der Waals surface area contributed by atoms with Crippen LogP contribution in [0.5, 0.6) is 0 Å². The molecule has 8 heteroatoms. The number of nitrogens with one attached hydrogen (secondary N) is 1. The van der Waals surface area contributed by atoms with Gasteiger partial charge < -0.3 is 14.6 Å². The van der Waals surface area contributed by atoms with Crippen molar-refractivity contribution in [3.05, 3.63) is 94.1 Å². The summed E-state index contributed by atoms with van der Waals surface area (Å²) in [5.74, 6) is -0.139. The molecule has 2 amide bonds. The number of pyridine rings is 1. The van der Waals surface area contributed by atoms with Crippen molar-refractivity contribution in [3.8, 4) is 5.69 Å². The minimum Gasteiger partial charge on any atom is -0.451 e. The normalized spacial score (nSPS) is 15.8. The van der Waals surface area contributed by atoms with Gasteiger partial charge in [-0.2, -0.15) is 0 Å². The molecule has 2 aromatic carbocycles. The molecule has 2 aromatic heterocycles. The van der Waals surface area contributed by atoms with Crippen LogP contribution in [0.4, 0.5) is 5.69 Å². The predicted molar refractivity (Wildman–Crippen MR) is 126 cm³/mol. The van der Waals surface area contributed by atoms with Gasteiger partial charge in [-0.3, -0.25) is 19.0 Å². The van der Waals surface area contributed by atoms with Crippen molar-refractivity contribution < 1.29 is 14.0 Å². The van der Waals surface area contributed by atoms with Crippen molar-refractivity contribution in [2.45, 2.75) is 6.42 Å². The largest absolute Gasteiger partial charge is 0.451 e. The summed E-state index contributed by atoms with van der Waals surface area (Å²) in [7, 11) is 0. The van der Waals surface area contributed by atoms with E-state index in [1.54, 1.807) is 52.1 Å². The van der Waals surface area contributed by atoms with Gasteiger partial charge in [0, 0.05) is 65.5 Å². The van der Waals surface area contributed by atoms with E-state index in [-0.39, 0.29) is 29.1 Å². The maximum Gasteiger partial charge on any atom is 0.287 e. The van der Waals surface area contributed by atoms with Crippen LogP contribution < -0.4 is 15.8 Å². The fourth-order valence-corrected chi connectivity index (χ4v) is 4.20. The molecule has 1 aliphatic rings. The second-order valence-corrected chi connectivity index (χ2v) is 8.44. The van der Waals surface area contributed by atoms with E-state index in [4.69, 9.17) is 16.0 Å². The summed E-state index contributed by atoms with van der Waals surface area (Å²) in [5.41, 5.74) is 1.92. The molecule has 0 aliphatic carbocycles. The van der Waals surface area contributed by atoms with E-state index in [1.165, 1.54) is 6.07 Å². The number of benzene rings is 2. The zero-order chi connectivity index (χ0) is 22.9. The lowest BCUT2D eigenvalue weighted by Gasteiger charge is -2.17. The summed E-state index contributed by atoms with van der Waals surface area (Å²) in [6.07, 6.45) is 2.05. The third-order valence-corrected chi connectivity index (χ3v) is 5.96. The number of rotatable bonds is 5. The zero-order valence-electron chi connectivity index (χ0n) is 17.5. The first-order chi connectivity index (χ1) is 16.0. The molecule has 0 bridgehead atoms. The quantitative estimate of drug-likeness (QED) is 0.486. The van der Waals surface area contributed by atoms with Gasteiger partial charge >= 0.3 is 0 Å². The fourth-order valence-electron chi connectivity index (χ4n) is 4.04. The van der Waals surface area contributed by atoms with Crippen LogP contribution in [0.1, 0.15) is 17.0 Å². The Morgan fingerprint density at radius 3 is 2.61 bits per heavy atom. The van der Waals surface area contributed by atoms with Crippen LogP contribution in [0.15, 0.2) is 82.1 Å². The number of aromatic nitrogens is 1. The topological polar surface area (TPSA) is 84.5 Å². The Labute approximate surface area is 194 Å². The minimum atomic E-state index is -0.328. The summed E-state index contributed by atoms with van der Waals surface area (Å²) in [5, 5.41) is 4.20. The van der Waals surface area contributed by atoms with Crippen molar-refractivity contribution in [1.82, 2.24) is 9.88 Å². The number of furan rings is 1. The zero-order valence-corrected chi connectivity index (χ0v) is 18.3. The third-order valence-electron chi connectivity index (χ3n) is 5.72. The Kier molecular flexibility index (Phi) is 5.48. The Hall–Kier alpha value is -3.84. The number of hydrogen-bond donors (Lipinski definition) is 1. The van der Waals surface area contributed by atoms with E-state index >= 15 is 0 Å². The molecule has 4 aromatic rings. The molecule has 1 aliphatic heterocycles. The number of nitrogens with zero attached hydrogens (tertiary/aromatic N) is 2. The minimum absolute atomic E-state index is 0.00254. The molecule has 1 N–H and O–H groups in total. The number of hydrogen-bond acceptors (Lipinski definition) is 4. The van der Waals surface area contributed by atoms with Crippen LogP contribution >= 0.6 is 11.6 Å². The number of anilines is 1. The number of fused-ring (bicyclic) bond motifs is 1. The lowest BCUT2D eigenvalue weighted by Crippen LogP contribution is -2.31. The van der Waals surface area contributed by atoms with Gasteiger partial charge in [0.25, 0.3) is 11.5 Å². The van der Waals surface area contributed by atoms with Crippen LogP contribution in [0.25, 0.3) is 16.7 Å². The predicted octanol–water partition coefficient (Wildman–Crippen LogP) is 4.02. The highest BCUT2D eigenvalue weighted by Crippen LogP contribution is 2.26. The Morgan fingerprint density at radius 1 is 1.03 bits per heavy atom. The maximum absolute atomic E-state index is 12.6. The summed E-state index contributed by atoms with van der Waals surface area (Å²) in [6.45, 7) is 0.857. The first-order valence-electron chi connectivity index (χ1n) is 10.5. The second-order valence-electron chi connectivity index (χ2n) is 8.00. The fraction of sp³-hybridized carbons (Fsp3) is 0.160. The van der Waals surface area contributed by atoms with Gasteiger partial charge in [0.2, 0.25) is 5.91 Å². The third kappa shape index (κ3) is 4.27. The van der Waals surface area contributed by atoms with Crippen molar-refractivity contribution >= 4 is 40.1 Å². The van der Waals surface area contributed by atoms with Gasteiger partial charge in [-0.25, -0.2) is 0 Å². The number of amides is 2. The summed E-state index contributed by atoms with van der Waals surface area (Å²) >= 11 is 5.97. The van der Waals surface area contributed by atoms with Crippen molar-refractivity contribution in [2.24, 2.45) is 5.92 Å². The van der Waals surface area contributed by atoms with Crippen LogP contribution in [0, 0.1) is 5.92 Å². The van der Waals surface area contributed by atoms with Crippen molar-refractivity contribution in [3.63, 3.8) is 0 Å². The first kappa shape index (κ1) is 21.0. The van der Waals surface area contributed by atoms with Crippen LogP contribution in [-0.2, 0) is 4.79 Å². The number of carbonyl (C=O) groups excluding carboxylic acids is 2. The summed E-state index contributed by atoms with van der Waals surface area (Å²) in [6, 6.07) is 19.1. The smallest absolute Gasteiger partial charge is 0.287 e. The van der Waals surface area contributed by atoms with Gasteiger partial charge in [-0.1, -0.05) is 17.7 Å². The molecule has 1 unspecified atom stereocenters.